The smallest absolute Gasteiger partial charge is 0.303 e. The van der Waals surface area contributed by atoms with Crippen molar-refractivity contribution in [3.63, 3.8) is 0 Å². The molecule has 1 N–H and O–H groups in total. The van der Waals surface area contributed by atoms with Crippen LogP contribution < -0.4 is 0 Å². The fraction of sp³-hybridized carbons (Fsp3) is 0.312. The number of piperidine rings is 1. The van der Waals surface area contributed by atoms with Crippen molar-refractivity contribution in [3.05, 3.63) is 118 Å². The number of rotatable bonds is 9. The molecular formula is C32H33Cl2N3O3. The van der Waals surface area contributed by atoms with Crippen LogP contribution in [0.4, 0.5) is 0 Å². The normalized spacial score (nSPS) is 16.8. The molecule has 0 saturated carbocycles. The van der Waals surface area contributed by atoms with Crippen LogP contribution in [-0.2, 0) is 15.1 Å². The first-order valence-corrected chi connectivity index (χ1v) is 14.3. The number of hydrogen-bond acceptors (Lipinski definition) is 5. The number of likely N-dealkylation sites (tertiary alicyclic amines) is 1. The van der Waals surface area contributed by atoms with Crippen molar-refractivity contribution >= 4 is 29.2 Å². The quantitative estimate of drug-likeness (QED) is 0.218. The van der Waals surface area contributed by atoms with Gasteiger partial charge >= 0.3 is 5.97 Å². The van der Waals surface area contributed by atoms with Gasteiger partial charge in [0.1, 0.15) is 0 Å². The highest BCUT2D eigenvalue weighted by molar-refractivity contribution is 6.42. The van der Waals surface area contributed by atoms with E-state index in [1.165, 1.54) is 6.92 Å². The van der Waals surface area contributed by atoms with Gasteiger partial charge in [-0.2, -0.15) is 5.10 Å². The van der Waals surface area contributed by atoms with Crippen LogP contribution in [0, 0.1) is 0 Å². The molecule has 1 aromatic heterocycles. The third kappa shape index (κ3) is 6.42. The van der Waals surface area contributed by atoms with Crippen LogP contribution in [0.15, 0.2) is 91.1 Å². The maximum atomic E-state index is 12.4. The summed E-state index contributed by atoms with van der Waals surface area (Å²) in [5.41, 5.74) is 2.73. The zero-order chi connectivity index (χ0) is 28.1. The van der Waals surface area contributed by atoms with Gasteiger partial charge in [-0.3, -0.25) is 4.79 Å². The second kappa shape index (κ2) is 12.6. The summed E-state index contributed by atoms with van der Waals surface area (Å²) >= 11 is 12.7. The standard InChI is InChI=1S/C32H33Cl2N3O3/c1-23(38)40-31(30-14-18-35-37(30)26-10-6-3-7-11-26)27(24-12-13-28(33)29(34)22-24)15-19-36-20-16-32(39,17-21-36)25-8-4-2-5-9-25/h2-14,18,22,27,31,39H,15-17,19-21H2,1H3. The molecule has 0 radical (unpaired) electrons. The topological polar surface area (TPSA) is 67.6 Å². The van der Waals surface area contributed by atoms with Gasteiger partial charge in [0.05, 0.1) is 27.0 Å². The van der Waals surface area contributed by atoms with E-state index in [-0.39, 0.29) is 11.9 Å². The van der Waals surface area contributed by atoms with Gasteiger partial charge in [0.25, 0.3) is 0 Å². The summed E-state index contributed by atoms with van der Waals surface area (Å²) < 4.78 is 7.86. The lowest BCUT2D eigenvalue weighted by Gasteiger charge is -2.39. The molecule has 1 fully saturated rings. The Morgan fingerprint density at radius 2 is 1.65 bits per heavy atom. The SMILES string of the molecule is CC(=O)OC(c1ccnn1-c1ccccc1)C(CCN1CCC(O)(c2ccccc2)CC1)c1ccc(Cl)c(Cl)c1. The Bertz CT molecular complexity index is 1420. The molecule has 2 atom stereocenters. The summed E-state index contributed by atoms with van der Waals surface area (Å²) in [4.78, 5) is 14.8. The first kappa shape index (κ1) is 28.4. The van der Waals surface area contributed by atoms with Crippen LogP contribution in [-0.4, -0.2) is 45.4 Å². The van der Waals surface area contributed by atoms with Gasteiger partial charge in [0.15, 0.2) is 6.10 Å². The lowest BCUT2D eigenvalue weighted by Crippen LogP contribution is -2.43. The van der Waals surface area contributed by atoms with Crippen LogP contribution in [0.2, 0.25) is 10.0 Å². The summed E-state index contributed by atoms with van der Waals surface area (Å²) in [6, 6.07) is 27.2. The molecule has 0 bridgehead atoms. The zero-order valence-electron chi connectivity index (χ0n) is 22.4. The number of esters is 1. The number of halogens is 2. The predicted molar refractivity (Wildman–Crippen MR) is 158 cm³/mol. The van der Waals surface area contributed by atoms with E-state index in [0.29, 0.717) is 29.3 Å². The third-order valence-corrected chi connectivity index (χ3v) is 8.48. The number of para-hydroxylation sites is 1. The van der Waals surface area contributed by atoms with Crippen molar-refractivity contribution in [2.24, 2.45) is 0 Å². The van der Waals surface area contributed by atoms with Gasteiger partial charge in [-0.1, -0.05) is 77.8 Å². The van der Waals surface area contributed by atoms with E-state index in [1.54, 1.807) is 12.3 Å². The molecule has 8 heteroatoms. The van der Waals surface area contributed by atoms with Crippen LogP contribution in [0.25, 0.3) is 5.69 Å². The first-order valence-electron chi connectivity index (χ1n) is 13.6. The van der Waals surface area contributed by atoms with E-state index < -0.39 is 11.7 Å². The second-order valence-electron chi connectivity index (χ2n) is 10.3. The van der Waals surface area contributed by atoms with E-state index in [4.69, 9.17) is 27.9 Å². The van der Waals surface area contributed by atoms with Gasteiger partial charge < -0.3 is 14.7 Å². The predicted octanol–water partition coefficient (Wildman–Crippen LogP) is 6.94. The summed E-state index contributed by atoms with van der Waals surface area (Å²) in [5.74, 6) is -0.588. The highest BCUT2D eigenvalue weighted by Crippen LogP contribution is 2.40. The molecule has 2 unspecified atom stereocenters. The third-order valence-electron chi connectivity index (χ3n) is 7.75. The van der Waals surface area contributed by atoms with E-state index in [9.17, 15) is 9.90 Å². The highest BCUT2D eigenvalue weighted by Gasteiger charge is 2.35. The average Bonchev–Trinajstić information content (AvgIpc) is 3.46. The summed E-state index contributed by atoms with van der Waals surface area (Å²) in [7, 11) is 0. The molecule has 1 saturated heterocycles. The molecule has 6 nitrogen and oxygen atoms in total. The number of aliphatic hydroxyl groups is 1. The van der Waals surface area contributed by atoms with Gasteiger partial charge in [-0.25, -0.2) is 4.68 Å². The Morgan fingerprint density at radius 3 is 2.30 bits per heavy atom. The molecule has 1 aliphatic rings. The number of nitrogens with zero attached hydrogens (tertiary/aromatic N) is 3. The van der Waals surface area contributed by atoms with Crippen molar-refractivity contribution < 1.29 is 14.6 Å². The Kier molecular flexibility index (Phi) is 8.91. The van der Waals surface area contributed by atoms with Crippen LogP contribution in [0.5, 0.6) is 0 Å². The fourth-order valence-corrected chi connectivity index (χ4v) is 5.89. The first-order chi connectivity index (χ1) is 19.3. The van der Waals surface area contributed by atoms with E-state index >= 15 is 0 Å². The van der Waals surface area contributed by atoms with Crippen LogP contribution in [0.1, 0.15) is 55.0 Å². The second-order valence-corrected chi connectivity index (χ2v) is 11.2. The number of hydrogen-bond donors (Lipinski definition) is 1. The molecule has 0 amide bonds. The molecule has 4 aromatic rings. The van der Waals surface area contributed by atoms with Gasteiger partial charge in [0, 0.05) is 32.1 Å². The van der Waals surface area contributed by atoms with Crippen LogP contribution in [0.3, 0.4) is 0 Å². The van der Waals surface area contributed by atoms with Gasteiger partial charge in [-0.05, 0) is 67.3 Å². The Morgan fingerprint density at radius 1 is 0.975 bits per heavy atom. The van der Waals surface area contributed by atoms with Crippen molar-refractivity contribution in [2.75, 3.05) is 19.6 Å². The minimum absolute atomic E-state index is 0.215. The summed E-state index contributed by atoms with van der Waals surface area (Å²) in [6.07, 6.45) is 3.12. The van der Waals surface area contributed by atoms with Crippen LogP contribution >= 0.6 is 23.2 Å². The maximum Gasteiger partial charge on any atom is 0.303 e. The average molecular weight is 579 g/mol. The Balaban J connectivity index is 1.42. The molecule has 2 heterocycles. The maximum absolute atomic E-state index is 12.4. The summed E-state index contributed by atoms with van der Waals surface area (Å²) in [5, 5.41) is 16.8. The van der Waals surface area contributed by atoms with Crippen molar-refractivity contribution in [3.8, 4) is 5.69 Å². The lowest BCUT2D eigenvalue weighted by atomic mass is 9.84. The van der Waals surface area contributed by atoms with E-state index in [1.807, 2.05) is 83.5 Å². The van der Waals surface area contributed by atoms with Crippen molar-refractivity contribution in [2.45, 2.75) is 43.8 Å². The van der Waals surface area contributed by atoms with E-state index in [2.05, 4.69) is 10.00 Å². The molecule has 1 aliphatic heterocycles. The largest absolute Gasteiger partial charge is 0.455 e. The molecule has 5 rings (SSSR count). The minimum Gasteiger partial charge on any atom is -0.455 e. The Labute approximate surface area is 245 Å². The molecule has 3 aromatic carbocycles. The molecule has 208 valence electrons. The highest BCUT2D eigenvalue weighted by atomic mass is 35.5. The monoisotopic (exact) mass is 577 g/mol. The Hall–Kier alpha value is -3.16. The molecule has 40 heavy (non-hydrogen) atoms. The fourth-order valence-electron chi connectivity index (χ4n) is 5.58. The molecular weight excluding hydrogens is 545 g/mol. The number of benzene rings is 3. The van der Waals surface area contributed by atoms with Gasteiger partial charge in [0.2, 0.25) is 0 Å². The minimum atomic E-state index is -0.816. The number of ether oxygens (including phenoxy) is 1. The lowest BCUT2D eigenvalue weighted by molar-refractivity contribution is -0.148. The molecule has 0 spiro atoms. The number of carbonyl (C=O) groups is 1. The van der Waals surface area contributed by atoms with Gasteiger partial charge in [-0.15, -0.1) is 0 Å². The van der Waals surface area contributed by atoms with Crippen molar-refractivity contribution in [1.29, 1.82) is 0 Å². The summed E-state index contributed by atoms with van der Waals surface area (Å²) in [6.45, 7) is 3.71. The zero-order valence-corrected chi connectivity index (χ0v) is 23.9. The molecule has 0 aliphatic carbocycles. The number of carbonyl (C=O) groups excluding carboxylic acids is 1. The number of aromatic nitrogens is 2. The van der Waals surface area contributed by atoms with Crippen molar-refractivity contribution in [1.82, 2.24) is 14.7 Å². The van der Waals surface area contributed by atoms with E-state index in [0.717, 1.165) is 42.1 Å².